The Hall–Kier alpha value is -0.940. The summed E-state index contributed by atoms with van der Waals surface area (Å²) in [6, 6.07) is 1.24. The maximum absolute atomic E-state index is 4.06. The Balaban J connectivity index is 1.86. The van der Waals surface area contributed by atoms with Crippen LogP contribution in [0.3, 0.4) is 0 Å². The molecule has 5 heteroatoms. The van der Waals surface area contributed by atoms with Gasteiger partial charge >= 0.3 is 0 Å². The van der Waals surface area contributed by atoms with Gasteiger partial charge in [-0.05, 0) is 26.9 Å². The van der Waals surface area contributed by atoms with Gasteiger partial charge in [0.1, 0.15) is 0 Å². The first kappa shape index (κ1) is 11.5. The summed E-state index contributed by atoms with van der Waals surface area (Å²) in [6.45, 7) is 0.811. The number of nitrogens with zero attached hydrogens (tertiary/aromatic N) is 3. The molecule has 1 aliphatic carbocycles. The predicted octanol–water partition coefficient (Wildman–Crippen LogP) is 0.767. The van der Waals surface area contributed by atoms with E-state index in [1.54, 1.807) is 6.20 Å². The van der Waals surface area contributed by atoms with E-state index in [1.807, 2.05) is 0 Å². The maximum Gasteiger partial charge on any atom is 0.0962 e. The lowest BCUT2D eigenvalue weighted by molar-refractivity contribution is 0.175. The Bertz CT molecular complexity index is 295. The quantitative estimate of drug-likeness (QED) is 0.791. The summed E-state index contributed by atoms with van der Waals surface area (Å²) in [5.41, 5.74) is 0.989. The standard InChI is InChI=1S/C11H21N5/c1-16(2)11-6-4-3-5-10(11)12-7-9-8-13-15-14-9/h8,10-12H,3-7H2,1-2H3,(H,13,14,15)/t10-,11-/m1/s1. The van der Waals surface area contributed by atoms with E-state index in [1.165, 1.54) is 25.7 Å². The van der Waals surface area contributed by atoms with Crippen molar-refractivity contribution in [2.75, 3.05) is 14.1 Å². The predicted molar refractivity (Wildman–Crippen MR) is 63.0 cm³/mol. The van der Waals surface area contributed by atoms with Gasteiger partial charge in [0.2, 0.25) is 0 Å². The maximum atomic E-state index is 4.06. The van der Waals surface area contributed by atoms with Crippen LogP contribution in [0.25, 0.3) is 0 Å². The Morgan fingerprint density at radius 3 is 2.94 bits per heavy atom. The van der Waals surface area contributed by atoms with Crippen molar-refractivity contribution in [2.24, 2.45) is 0 Å². The molecule has 1 aromatic heterocycles. The highest BCUT2D eigenvalue weighted by molar-refractivity contribution is 4.93. The molecule has 0 spiro atoms. The molecule has 1 fully saturated rings. The van der Waals surface area contributed by atoms with E-state index in [-0.39, 0.29) is 0 Å². The number of hydrogen-bond donors (Lipinski definition) is 2. The van der Waals surface area contributed by atoms with Crippen LogP contribution in [0.15, 0.2) is 6.20 Å². The van der Waals surface area contributed by atoms with Gasteiger partial charge in [-0.15, -0.1) is 0 Å². The fourth-order valence-electron chi connectivity index (χ4n) is 2.51. The van der Waals surface area contributed by atoms with Crippen LogP contribution in [-0.4, -0.2) is 46.5 Å². The zero-order valence-electron chi connectivity index (χ0n) is 10.1. The SMILES string of the molecule is CN(C)[C@@H]1CCCC[C@H]1NCc1cn[nH]n1. The molecule has 5 nitrogen and oxygen atoms in total. The summed E-state index contributed by atoms with van der Waals surface area (Å²) < 4.78 is 0. The van der Waals surface area contributed by atoms with Gasteiger partial charge in [-0.3, -0.25) is 0 Å². The van der Waals surface area contributed by atoms with E-state index >= 15 is 0 Å². The number of hydrogen-bond acceptors (Lipinski definition) is 4. The number of aromatic nitrogens is 3. The summed E-state index contributed by atoms with van der Waals surface area (Å²) in [7, 11) is 4.33. The van der Waals surface area contributed by atoms with Crippen LogP contribution < -0.4 is 5.32 Å². The fourth-order valence-corrected chi connectivity index (χ4v) is 2.51. The van der Waals surface area contributed by atoms with Crippen LogP contribution in [-0.2, 0) is 6.54 Å². The van der Waals surface area contributed by atoms with Crippen molar-refractivity contribution in [1.82, 2.24) is 25.6 Å². The van der Waals surface area contributed by atoms with Crippen LogP contribution in [0.2, 0.25) is 0 Å². The van der Waals surface area contributed by atoms with Gasteiger partial charge in [-0.25, -0.2) is 0 Å². The Labute approximate surface area is 96.6 Å². The monoisotopic (exact) mass is 223 g/mol. The highest BCUT2D eigenvalue weighted by atomic mass is 15.3. The second kappa shape index (κ2) is 5.41. The van der Waals surface area contributed by atoms with E-state index in [0.29, 0.717) is 12.1 Å². The molecule has 2 atom stereocenters. The average Bonchev–Trinajstić information content (AvgIpc) is 2.79. The van der Waals surface area contributed by atoms with E-state index in [0.717, 1.165) is 12.2 Å². The summed E-state index contributed by atoms with van der Waals surface area (Å²) in [5.74, 6) is 0. The van der Waals surface area contributed by atoms with Crippen molar-refractivity contribution in [3.63, 3.8) is 0 Å². The second-order valence-electron chi connectivity index (χ2n) is 4.76. The number of likely N-dealkylation sites (N-methyl/N-ethyl adjacent to an activating group) is 1. The largest absolute Gasteiger partial charge is 0.307 e. The van der Waals surface area contributed by atoms with Gasteiger partial charge < -0.3 is 10.2 Å². The molecular formula is C11H21N5. The minimum atomic E-state index is 0.584. The first-order valence-electron chi connectivity index (χ1n) is 6.02. The normalized spacial score (nSPS) is 26.2. The summed E-state index contributed by atoms with van der Waals surface area (Å²) in [4.78, 5) is 2.33. The lowest BCUT2D eigenvalue weighted by Crippen LogP contribution is -2.48. The zero-order valence-corrected chi connectivity index (χ0v) is 10.1. The zero-order chi connectivity index (χ0) is 11.4. The van der Waals surface area contributed by atoms with Gasteiger partial charge in [0.15, 0.2) is 0 Å². The minimum absolute atomic E-state index is 0.584. The number of aromatic amines is 1. The van der Waals surface area contributed by atoms with Crippen molar-refractivity contribution >= 4 is 0 Å². The topological polar surface area (TPSA) is 56.8 Å². The lowest BCUT2D eigenvalue weighted by Gasteiger charge is -2.36. The van der Waals surface area contributed by atoms with Crippen LogP contribution in [0.4, 0.5) is 0 Å². The first-order valence-corrected chi connectivity index (χ1v) is 6.02. The molecule has 0 aliphatic heterocycles. The third-order valence-corrected chi connectivity index (χ3v) is 3.40. The van der Waals surface area contributed by atoms with Gasteiger partial charge in [0.05, 0.1) is 11.9 Å². The lowest BCUT2D eigenvalue weighted by atomic mass is 9.89. The van der Waals surface area contributed by atoms with Crippen LogP contribution in [0.1, 0.15) is 31.4 Å². The summed E-state index contributed by atoms with van der Waals surface area (Å²) in [5, 5.41) is 14.1. The van der Waals surface area contributed by atoms with Gasteiger partial charge in [0, 0.05) is 18.6 Å². The van der Waals surface area contributed by atoms with E-state index in [2.05, 4.69) is 39.7 Å². The van der Waals surface area contributed by atoms with Crippen LogP contribution in [0.5, 0.6) is 0 Å². The third kappa shape index (κ3) is 2.80. The van der Waals surface area contributed by atoms with Crippen LogP contribution >= 0.6 is 0 Å². The smallest absolute Gasteiger partial charge is 0.0962 e. The Morgan fingerprint density at radius 2 is 2.25 bits per heavy atom. The molecule has 2 rings (SSSR count). The average molecular weight is 223 g/mol. The van der Waals surface area contributed by atoms with Crippen LogP contribution in [0, 0.1) is 0 Å². The number of nitrogens with one attached hydrogen (secondary N) is 2. The Kier molecular flexibility index (Phi) is 3.90. The van der Waals surface area contributed by atoms with Gasteiger partial charge in [0.25, 0.3) is 0 Å². The number of rotatable bonds is 4. The summed E-state index contributed by atoms with van der Waals surface area (Å²) in [6.07, 6.45) is 7.02. The second-order valence-corrected chi connectivity index (χ2v) is 4.76. The van der Waals surface area contributed by atoms with Crippen molar-refractivity contribution in [2.45, 2.75) is 44.3 Å². The van der Waals surface area contributed by atoms with Crippen molar-refractivity contribution in [3.05, 3.63) is 11.9 Å². The molecule has 0 aromatic carbocycles. The first-order chi connectivity index (χ1) is 7.77. The van der Waals surface area contributed by atoms with E-state index < -0.39 is 0 Å². The molecule has 0 amide bonds. The molecule has 0 radical (unpaired) electrons. The molecule has 0 unspecified atom stereocenters. The van der Waals surface area contributed by atoms with E-state index in [4.69, 9.17) is 0 Å². The Morgan fingerprint density at radius 1 is 1.44 bits per heavy atom. The number of H-pyrrole nitrogens is 1. The molecule has 1 heterocycles. The minimum Gasteiger partial charge on any atom is -0.307 e. The van der Waals surface area contributed by atoms with E-state index in [9.17, 15) is 0 Å². The fraction of sp³-hybridized carbons (Fsp3) is 0.818. The molecule has 1 aliphatic rings. The molecule has 0 saturated heterocycles. The van der Waals surface area contributed by atoms with Crippen molar-refractivity contribution in [1.29, 1.82) is 0 Å². The van der Waals surface area contributed by atoms with Crippen molar-refractivity contribution in [3.8, 4) is 0 Å². The molecule has 1 aromatic rings. The molecule has 0 bridgehead atoms. The molecule has 1 saturated carbocycles. The van der Waals surface area contributed by atoms with Gasteiger partial charge in [-0.2, -0.15) is 15.4 Å². The highest BCUT2D eigenvalue weighted by Gasteiger charge is 2.26. The summed E-state index contributed by atoms with van der Waals surface area (Å²) >= 11 is 0. The molecule has 16 heavy (non-hydrogen) atoms. The molecular weight excluding hydrogens is 202 g/mol. The molecule has 90 valence electrons. The molecule has 2 N–H and O–H groups in total. The van der Waals surface area contributed by atoms with Crippen molar-refractivity contribution < 1.29 is 0 Å². The van der Waals surface area contributed by atoms with Gasteiger partial charge in [-0.1, -0.05) is 12.8 Å². The third-order valence-electron chi connectivity index (χ3n) is 3.40. The highest BCUT2D eigenvalue weighted by Crippen LogP contribution is 2.21.